The predicted octanol–water partition coefficient (Wildman–Crippen LogP) is 6.96. The maximum absolute atomic E-state index is 2.52. The number of para-hydroxylation sites is 1. The third-order valence-corrected chi connectivity index (χ3v) is 5.28. The molecular weight excluding hydrogens is 302 g/mol. The summed E-state index contributed by atoms with van der Waals surface area (Å²) in [6.45, 7) is 5.65. The molecule has 1 heterocycles. The van der Waals surface area contributed by atoms with Crippen LogP contribution in [0.2, 0.25) is 0 Å². The van der Waals surface area contributed by atoms with E-state index in [0.29, 0.717) is 0 Å². The van der Waals surface area contributed by atoms with E-state index >= 15 is 0 Å². The van der Waals surface area contributed by atoms with E-state index in [9.17, 15) is 0 Å². The van der Waals surface area contributed by atoms with Gasteiger partial charge >= 0.3 is 0 Å². The molecule has 1 nitrogen and oxygen atoms in total. The number of hydrogen-bond donors (Lipinski definition) is 0. The van der Waals surface area contributed by atoms with E-state index in [1.165, 1.54) is 57.8 Å². The SMILES string of the molecule is CCCCCn1c(C)c(-c2cccc3ccccc23)c2ccccc21. The summed E-state index contributed by atoms with van der Waals surface area (Å²) in [5.74, 6) is 0. The number of aryl methyl sites for hydroxylation is 1. The van der Waals surface area contributed by atoms with Gasteiger partial charge in [0.25, 0.3) is 0 Å². The summed E-state index contributed by atoms with van der Waals surface area (Å²) in [7, 11) is 0. The second-order valence-corrected chi connectivity index (χ2v) is 6.86. The number of nitrogens with zero attached hydrogens (tertiary/aromatic N) is 1. The van der Waals surface area contributed by atoms with E-state index < -0.39 is 0 Å². The van der Waals surface area contributed by atoms with Gasteiger partial charge in [-0.05, 0) is 35.7 Å². The molecule has 1 aromatic heterocycles. The first kappa shape index (κ1) is 16.0. The summed E-state index contributed by atoms with van der Waals surface area (Å²) in [5, 5.41) is 4.01. The van der Waals surface area contributed by atoms with Crippen LogP contribution in [-0.4, -0.2) is 4.57 Å². The van der Waals surface area contributed by atoms with E-state index in [0.717, 1.165) is 6.54 Å². The Hall–Kier alpha value is -2.54. The third-order valence-electron chi connectivity index (χ3n) is 5.28. The van der Waals surface area contributed by atoms with Crippen molar-refractivity contribution in [1.29, 1.82) is 0 Å². The van der Waals surface area contributed by atoms with Gasteiger partial charge in [-0.15, -0.1) is 0 Å². The van der Waals surface area contributed by atoms with Crippen molar-refractivity contribution in [3.63, 3.8) is 0 Å². The van der Waals surface area contributed by atoms with Crippen LogP contribution in [0.3, 0.4) is 0 Å². The molecule has 0 spiro atoms. The van der Waals surface area contributed by atoms with Gasteiger partial charge < -0.3 is 4.57 Å². The Balaban J connectivity index is 1.97. The third kappa shape index (κ3) is 2.74. The van der Waals surface area contributed by atoms with Crippen molar-refractivity contribution in [2.24, 2.45) is 0 Å². The van der Waals surface area contributed by atoms with Crippen LogP contribution in [0.1, 0.15) is 31.9 Å². The lowest BCUT2D eigenvalue weighted by molar-refractivity contribution is 0.607. The quantitative estimate of drug-likeness (QED) is 0.349. The average molecular weight is 327 g/mol. The molecule has 4 aromatic rings. The Bertz CT molecular complexity index is 1020. The first-order valence-electron chi connectivity index (χ1n) is 9.37. The molecule has 0 radical (unpaired) electrons. The van der Waals surface area contributed by atoms with Crippen molar-refractivity contribution in [2.45, 2.75) is 39.7 Å². The molecule has 0 aliphatic heterocycles. The largest absolute Gasteiger partial charge is 0.344 e. The standard InChI is InChI=1S/C24H25N/c1-3-4-9-17-25-18(2)24(22-14-7-8-16-23(22)25)21-15-10-12-19-11-5-6-13-20(19)21/h5-8,10-16H,3-4,9,17H2,1-2H3. The highest BCUT2D eigenvalue weighted by atomic mass is 15.0. The Morgan fingerprint density at radius 2 is 1.48 bits per heavy atom. The minimum atomic E-state index is 1.10. The second kappa shape index (κ2) is 6.76. The number of benzene rings is 3. The molecule has 0 N–H and O–H groups in total. The Morgan fingerprint density at radius 1 is 0.760 bits per heavy atom. The van der Waals surface area contributed by atoms with E-state index in [-0.39, 0.29) is 0 Å². The fourth-order valence-corrected chi connectivity index (χ4v) is 4.02. The van der Waals surface area contributed by atoms with Crippen LogP contribution in [0.15, 0.2) is 66.7 Å². The van der Waals surface area contributed by atoms with Crippen LogP contribution in [-0.2, 0) is 6.54 Å². The average Bonchev–Trinajstić information content (AvgIpc) is 2.93. The molecular formula is C24H25N. The lowest BCUT2D eigenvalue weighted by Gasteiger charge is -2.10. The second-order valence-electron chi connectivity index (χ2n) is 6.86. The van der Waals surface area contributed by atoms with Gasteiger partial charge in [0.1, 0.15) is 0 Å². The maximum Gasteiger partial charge on any atom is 0.0488 e. The van der Waals surface area contributed by atoms with Crippen molar-refractivity contribution >= 4 is 21.7 Å². The predicted molar refractivity (Wildman–Crippen MR) is 109 cm³/mol. The number of fused-ring (bicyclic) bond motifs is 2. The smallest absolute Gasteiger partial charge is 0.0488 e. The molecule has 4 rings (SSSR count). The minimum Gasteiger partial charge on any atom is -0.344 e. The number of unbranched alkanes of at least 4 members (excludes halogenated alkanes) is 2. The van der Waals surface area contributed by atoms with Gasteiger partial charge in [0, 0.05) is 28.7 Å². The van der Waals surface area contributed by atoms with E-state index in [1.807, 2.05) is 0 Å². The molecule has 0 unspecified atom stereocenters. The van der Waals surface area contributed by atoms with Gasteiger partial charge in [-0.25, -0.2) is 0 Å². The van der Waals surface area contributed by atoms with Crippen LogP contribution in [0.4, 0.5) is 0 Å². The minimum absolute atomic E-state index is 1.10. The molecule has 0 amide bonds. The van der Waals surface area contributed by atoms with Gasteiger partial charge in [0.2, 0.25) is 0 Å². The topological polar surface area (TPSA) is 4.93 Å². The lowest BCUT2D eigenvalue weighted by Crippen LogP contribution is -2.00. The van der Waals surface area contributed by atoms with E-state index in [4.69, 9.17) is 0 Å². The highest BCUT2D eigenvalue weighted by molar-refractivity contribution is 6.06. The van der Waals surface area contributed by atoms with Crippen molar-refractivity contribution in [3.8, 4) is 11.1 Å². The summed E-state index contributed by atoms with van der Waals surface area (Å²) in [5.41, 5.74) is 5.48. The molecule has 3 aromatic carbocycles. The molecule has 0 saturated heterocycles. The Labute approximate surface area is 149 Å². The van der Waals surface area contributed by atoms with Gasteiger partial charge in [-0.2, -0.15) is 0 Å². The zero-order valence-electron chi connectivity index (χ0n) is 15.1. The van der Waals surface area contributed by atoms with Crippen molar-refractivity contribution in [3.05, 3.63) is 72.4 Å². The van der Waals surface area contributed by atoms with Crippen LogP contribution >= 0.6 is 0 Å². The van der Waals surface area contributed by atoms with E-state index in [1.54, 1.807) is 0 Å². The molecule has 0 aliphatic rings. The lowest BCUT2D eigenvalue weighted by atomic mass is 9.96. The molecule has 0 aliphatic carbocycles. The molecule has 126 valence electrons. The van der Waals surface area contributed by atoms with E-state index in [2.05, 4.69) is 85.1 Å². The normalized spacial score (nSPS) is 11.4. The number of hydrogen-bond acceptors (Lipinski definition) is 0. The highest BCUT2D eigenvalue weighted by Crippen LogP contribution is 2.38. The Morgan fingerprint density at radius 3 is 2.32 bits per heavy atom. The van der Waals surface area contributed by atoms with Crippen LogP contribution in [0.5, 0.6) is 0 Å². The van der Waals surface area contributed by atoms with Crippen LogP contribution < -0.4 is 0 Å². The zero-order chi connectivity index (χ0) is 17.2. The summed E-state index contributed by atoms with van der Waals surface area (Å²) >= 11 is 0. The summed E-state index contributed by atoms with van der Waals surface area (Å²) in [4.78, 5) is 0. The van der Waals surface area contributed by atoms with Crippen molar-refractivity contribution < 1.29 is 0 Å². The fourth-order valence-electron chi connectivity index (χ4n) is 4.02. The van der Waals surface area contributed by atoms with Crippen LogP contribution in [0, 0.1) is 6.92 Å². The maximum atomic E-state index is 2.52. The summed E-state index contributed by atoms with van der Waals surface area (Å²) < 4.78 is 2.52. The molecule has 0 bridgehead atoms. The number of rotatable bonds is 5. The van der Waals surface area contributed by atoms with Crippen molar-refractivity contribution in [2.75, 3.05) is 0 Å². The van der Waals surface area contributed by atoms with Gasteiger partial charge in [0.15, 0.2) is 0 Å². The van der Waals surface area contributed by atoms with Gasteiger partial charge in [-0.1, -0.05) is 80.4 Å². The van der Waals surface area contributed by atoms with Crippen LogP contribution in [0.25, 0.3) is 32.8 Å². The summed E-state index contributed by atoms with van der Waals surface area (Å²) in [6.07, 6.45) is 3.79. The first-order valence-corrected chi connectivity index (χ1v) is 9.37. The van der Waals surface area contributed by atoms with Gasteiger partial charge in [0.05, 0.1) is 0 Å². The zero-order valence-corrected chi connectivity index (χ0v) is 15.1. The molecule has 0 atom stereocenters. The van der Waals surface area contributed by atoms with Crippen molar-refractivity contribution in [1.82, 2.24) is 4.57 Å². The Kier molecular flexibility index (Phi) is 4.31. The molecule has 0 saturated carbocycles. The molecule has 25 heavy (non-hydrogen) atoms. The molecule has 0 fully saturated rings. The fraction of sp³-hybridized carbons (Fsp3) is 0.250. The first-order chi connectivity index (χ1) is 12.3. The van der Waals surface area contributed by atoms with Gasteiger partial charge in [-0.3, -0.25) is 0 Å². The number of aromatic nitrogens is 1. The summed E-state index contributed by atoms with van der Waals surface area (Å²) in [6, 6.07) is 24.2. The monoisotopic (exact) mass is 327 g/mol. The highest BCUT2D eigenvalue weighted by Gasteiger charge is 2.16. The molecule has 1 heteroatoms.